The number of rotatable bonds is 4. The van der Waals surface area contributed by atoms with Gasteiger partial charge in [0.1, 0.15) is 5.58 Å². The number of amides is 2. The summed E-state index contributed by atoms with van der Waals surface area (Å²) in [5.74, 6) is 0.697. The van der Waals surface area contributed by atoms with Gasteiger partial charge in [-0.3, -0.25) is 9.59 Å². The van der Waals surface area contributed by atoms with Crippen LogP contribution in [-0.2, 0) is 0 Å². The van der Waals surface area contributed by atoms with Gasteiger partial charge >= 0.3 is 0 Å². The molecule has 4 rings (SSSR count). The van der Waals surface area contributed by atoms with Crippen molar-refractivity contribution in [3.63, 3.8) is 0 Å². The molecule has 2 heterocycles. The summed E-state index contributed by atoms with van der Waals surface area (Å²) < 4.78 is 5.71. The van der Waals surface area contributed by atoms with Crippen molar-refractivity contribution in [2.45, 2.75) is 26.7 Å². The van der Waals surface area contributed by atoms with E-state index in [9.17, 15) is 9.59 Å². The lowest BCUT2D eigenvalue weighted by Crippen LogP contribution is -2.41. The molecule has 0 atom stereocenters. The largest absolute Gasteiger partial charge is 0.451 e. The number of likely N-dealkylation sites (tertiary alicyclic amines) is 1. The molecule has 2 aromatic carbocycles. The fourth-order valence-electron chi connectivity index (χ4n) is 3.90. The van der Waals surface area contributed by atoms with E-state index in [1.54, 1.807) is 0 Å². The second kappa shape index (κ2) is 8.11. The van der Waals surface area contributed by atoms with Crippen LogP contribution in [0.4, 0.5) is 0 Å². The maximum atomic E-state index is 12.8. The third-order valence-electron chi connectivity index (χ3n) is 5.73. The first-order valence-corrected chi connectivity index (χ1v) is 10.1. The molecule has 29 heavy (non-hydrogen) atoms. The fraction of sp³-hybridized carbons (Fsp3) is 0.333. The minimum atomic E-state index is -0.0564. The van der Waals surface area contributed by atoms with Crippen molar-refractivity contribution in [3.05, 3.63) is 71.0 Å². The number of benzene rings is 2. The predicted molar refractivity (Wildman–Crippen MR) is 113 cm³/mol. The summed E-state index contributed by atoms with van der Waals surface area (Å²) in [5, 5.41) is 4.01. The Hall–Kier alpha value is -3.08. The maximum absolute atomic E-state index is 12.8. The third kappa shape index (κ3) is 4.19. The summed E-state index contributed by atoms with van der Waals surface area (Å²) in [5.41, 5.74) is 3.54. The van der Waals surface area contributed by atoms with Crippen LogP contribution in [0.3, 0.4) is 0 Å². The number of hydrogen-bond acceptors (Lipinski definition) is 3. The number of nitrogens with one attached hydrogen (secondary N) is 1. The van der Waals surface area contributed by atoms with E-state index < -0.39 is 0 Å². The highest BCUT2D eigenvalue weighted by molar-refractivity contribution is 5.96. The van der Waals surface area contributed by atoms with Gasteiger partial charge < -0.3 is 14.6 Å². The molecule has 1 fully saturated rings. The molecule has 1 N–H and O–H groups in total. The quantitative estimate of drug-likeness (QED) is 0.721. The number of nitrogens with zero attached hydrogens (tertiary/aromatic N) is 1. The monoisotopic (exact) mass is 390 g/mol. The molecule has 1 aliphatic heterocycles. The number of para-hydroxylation sites is 1. The van der Waals surface area contributed by atoms with Crippen molar-refractivity contribution < 1.29 is 14.0 Å². The molecule has 5 nitrogen and oxygen atoms in total. The highest BCUT2D eigenvalue weighted by Gasteiger charge is 2.26. The Morgan fingerprint density at radius 1 is 1.07 bits per heavy atom. The van der Waals surface area contributed by atoms with E-state index in [1.165, 1.54) is 0 Å². The van der Waals surface area contributed by atoms with Crippen LogP contribution in [0.15, 0.2) is 52.9 Å². The molecule has 0 spiro atoms. The van der Waals surface area contributed by atoms with Crippen LogP contribution in [0.2, 0.25) is 0 Å². The molecule has 1 aliphatic rings. The van der Waals surface area contributed by atoms with Gasteiger partial charge in [0.05, 0.1) is 0 Å². The number of carbonyl (C=O) groups excluding carboxylic acids is 2. The van der Waals surface area contributed by atoms with Gasteiger partial charge in [0.25, 0.3) is 11.8 Å². The second-order valence-electron chi connectivity index (χ2n) is 7.91. The van der Waals surface area contributed by atoms with Crippen molar-refractivity contribution in [1.82, 2.24) is 10.2 Å². The summed E-state index contributed by atoms with van der Waals surface area (Å²) in [4.78, 5) is 27.1. The van der Waals surface area contributed by atoms with Gasteiger partial charge in [0, 0.05) is 30.6 Å². The summed E-state index contributed by atoms with van der Waals surface area (Å²) in [6, 6.07) is 15.4. The molecule has 1 aromatic heterocycles. The van der Waals surface area contributed by atoms with E-state index in [0.717, 1.165) is 40.5 Å². The average molecular weight is 390 g/mol. The summed E-state index contributed by atoms with van der Waals surface area (Å²) >= 11 is 0. The van der Waals surface area contributed by atoms with Crippen molar-refractivity contribution in [3.8, 4) is 0 Å². The van der Waals surface area contributed by atoms with Crippen molar-refractivity contribution in [2.75, 3.05) is 19.6 Å². The van der Waals surface area contributed by atoms with Crippen LogP contribution in [0, 0.1) is 19.8 Å². The number of hydrogen-bond donors (Lipinski definition) is 1. The number of fused-ring (bicyclic) bond motifs is 1. The first-order valence-electron chi connectivity index (χ1n) is 10.1. The number of furan rings is 1. The van der Waals surface area contributed by atoms with Gasteiger partial charge in [0.15, 0.2) is 5.76 Å². The lowest BCUT2D eigenvalue weighted by atomic mass is 9.96. The molecule has 0 aliphatic carbocycles. The molecular weight excluding hydrogens is 364 g/mol. The Bertz CT molecular complexity index is 1010. The molecule has 0 bridgehead atoms. The summed E-state index contributed by atoms with van der Waals surface area (Å²) in [6.07, 6.45) is 1.75. The Balaban J connectivity index is 1.30. The first kappa shape index (κ1) is 19.2. The van der Waals surface area contributed by atoms with Crippen LogP contribution in [0.1, 0.15) is 44.9 Å². The van der Waals surface area contributed by atoms with E-state index >= 15 is 0 Å². The highest BCUT2D eigenvalue weighted by Crippen LogP contribution is 2.23. The van der Waals surface area contributed by atoms with Crippen LogP contribution in [-0.4, -0.2) is 36.3 Å². The smallest absolute Gasteiger partial charge is 0.289 e. The summed E-state index contributed by atoms with van der Waals surface area (Å²) in [7, 11) is 0. The Morgan fingerprint density at radius 2 is 1.83 bits per heavy atom. The van der Waals surface area contributed by atoms with Crippen molar-refractivity contribution in [1.29, 1.82) is 0 Å². The zero-order chi connectivity index (χ0) is 20.4. The van der Waals surface area contributed by atoms with E-state index in [-0.39, 0.29) is 11.8 Å². The van der Waals surface area contributed by atoms with E-state index in [1.807, 2.05) is 67.3 Å². The van der Waals surface area contributed by atoms with Gasteiger partial charge in [-0.2, -0.15) is 0 Å². The minimum absolute atomic E-state index is 0.0213. The van der Waals surface area contributed by atoms with Gasteiger partial charge in [-0.1, -0.05) is 35.9 Å². The van der Waals surface area contributed by atoms with E-state index in [0.29, 0.717) is 31.3 Å². The number of carbonyl (C=O) groups is 2. The Kier molecular flexibility index (Phi) is 5.38. The van der Waals surface area contributed by atoms with Crippen LogP contribution < -0.4 is 5.32 Å². The van der Waals surface area contributed by atoms with Crippen LogP contribution in [0.5, 0.6) is 0 Å². The third-order valence-corrected chi connectivity index (χ3v) is 5.73. The average Bonchev–Trinajstić information content (AvgIpc) is 3.18. The first-order chi connectivity index (χ1) is 14.0. The SMILES string of the molecule is Cc1ccc(C)c(C(=O)NCC2CCN(C(=O)c3cc4ccccc4o3)CC2)c1. The molecule has 150 valence electrons. The zero-order valence-electron chi connectivity index (χ0n) is 16.9. The van der Waals surface area contributed by atoms with Gasteiger partial charge in [-0.05, 0) is 56.4 Å². The molecule has 3 aromatic rings. The second-order valence-corrected chi connectivity index (χ2v) is 7.91. The van der Waals surface area contributed by atoms with E-state index in [2.05, 4.69) is 5.32 Å². The molecule has 0 unspecified atom stereocenters. The standard InChI is InChI=1S/C24H26N2O3/c1-16-7-8-17(2)20(13-16)23(27)25-15-18-9-11-26(12-10-18)24(28)22-14-19-5-3-4-6-21(19)29-22/h3-8,13-14,18H,9-12,15H2,1-2H3,(H,25,27). The molecule has 0 radical (unpaired) electrons. The molecular formula is C24H26N2O3. The fourth-order valence-corrected chi connectivity index (χ4v) is 3.90. The lowest BCUT2D eigenvalue weighted by Gasteiger charge is -2.31. The highest BCUT2D eigenvalue weighted by atomic mass is 16.3. The lowest BCUT2D eigenvalue weighted by molar-refractivity contribution is 0.0655. The van der Waals surface area contributed by atoms with Crippen molar-refractivity contribution in [2.24, 2.45) is 5.92 Å². The van der Waals surface area contributed by atoms with Crippen molar-refractivity contribution >= 4 is 22.8 Å². The Morgan fingerprint density at radius 3 is 2.59 bits per heavy atom. The number of aryl methyl sites for hydroxylation is 2. The Labute approximate surface area is 170 Å². The van der Waals surface area contributed by atoms with Gasteiger partial charge in [0.2, 0.25) is 0 Å². The number of piperidine rings is 1. The van der Waals surface area contributed by atoms with Crippen LogP contribution in [0.25, 0.3) is 11.0 Å². The maximum Gasteiger partial charge on any atom is 0.289 e. The van der Waals surface area contributed by atoms with Crippen LogP contribution >= 0.6 is 0 Å². The van der Waals surface area contributed by atoms with E-state index in [4.69, 9.17) is 4.42 Å². The van der Waals surface area contributed by atoms with Gasteiger partial charge in [-0.15, -0.1) is 0 Å². The zero-order valence-corrected chi connectivity index (χ0v) is 16.9. The molecule has 0 saturated carbocycles. The molecule has 1 saturated heterocycles. The predicted octanol–water partition coefficient (Wildman–Crippen LogP) is 4.33. The summed E-state index contributed by atoms with van der Waals surface area (Å²) in [6.45, 7) is 5.94. The topological polar surface area (TPSA) is 62.6 Å². The van der Waals surface area contributed by atoms with Gasteiger partial charge in [-0.25, -0.2) is 0 Å². The molecule has 2 amide bonds. The normalized spacial score (nSPS) is 14.9. The molecule has 5 heteroatoms. The minimum Gasteiger partial charge on any atom is -0.451 e.